The number of aromatic nitrogens is 1. The number of pyridine rings is 1. The van der Waals surface area contributed by atoms with Crippen molar-refractivity contribution < 1.29 is 9.53 Å². The van der Waals surface area contributed by atoms with E-state index in [1.807, 2.05) is 18.3 Å². The van der Waals surface area contributed by atoms with Crippen LogP contribution in [0, 0.1) is 13.8 Å². The number of nitrogens with one attached hydrogen (secondary N) is 1. The molecule has 1 fully saturated rings. The van der Waals surface area contributed by atoms with Gasteiger partial charge in [-0.05, 0) is 43.5 Å². The summed E-state index contributed by atoms with van der Waals surface area (Å²) in [5, 5.41) is 2.88. The molecule has 1 amide bonds. The van der Waals surface area contributed by atoms with Crippen LogP contribution in [-0.2, 0) is 16.0 Å². The number of nitrogens with zero attached hydrogens (tertiary/aromatic N) is 2. The van der Waals surface area contributed by atoms with E-state index in [0.29, 0.717) is 12.2 Å². The van der Waals surface area contributed by atoms with Gasteiger partial charge in [-0.3, -0.25) is 4.79 Å². The van der Waals surface area contributed by atoms with Crippen LogP contribution in [0.25, 0.3) is 0 Å². The minimum Gasteiger partial charge on any atom is -0.378 e. The van der Waals surface area contributed by atoms with Crippen molar-refractivity contribution in [3.63, 3.8) is 0 Å². The molecule has 0 atom stereocenters. The lowest BCUT2D eigenvalue weighted by atomic mass is 10.0. The minimum absolute atomic E-state index is 0.00778. The molecule has 1 saturated heterocycles. The first-order valence-electron chi connectivity index (χ1n) is 8.76. The normalized spacial score (nSPS) is 14.4. The molecule has 0 aliphatic carbocycles. The Kier molecular flexibility index (Phi) is 5.66. The van der Waals surface area contributed by atoms with Gasteiger partial charge < -0.3 is 15.0 Å². The molecule has 0 spiro atoms. The summed E-state index contributed by atoms with van der Waals surface area (Å²) in [5.41, 5.74) is 4.77. The Morgan fingerprint density at radius 1 is 1.20 bits per heavy atom. The molecule has 0 radical (unpaired) electrons. The summed E-state index contributed by atoms with van der Waals surface area (Å²) in [6, 6.07) is 10.2. The first-order valence-corrected chi connectivity index (χ1v) is 8.76. The Labute approximate surface area is 149 Å². The van der Waals surface area contributed by atoms with Crippen LogP contribution < -0.4 is 10.2 Å². The zero-order valence-electron chi connectivity index (χ0n) is 14.9. The lowest BCUT2D eigenvalue weighted by Crippen LogP contribution is -2.36. The molecule has 1 aromatic carbocycles. The van der Waals surface area contributed by atoms with Gasteiger partial charge >= 0.3 is 0 Å². The summed E-state index contributed by atoms with van der Waals surface area (Å²) in [6.45, 7) is 7.42. The number of ether oxygens (including phenoxy) is 1. The molecule has 5 nitrogen and oxygen atoms in total. The van der Waals surface area contributed by atoms with Crippen LogP contribution in [0.5, 0.6) is 0 Å². The summed E-state index contributed by atoms with van der Waals surface area (Å²) >= 11 is 0. The molecule has 1 aliphatic rings. The SMILES string of the molecule is Cc1ccc(CCC(=O)Nc2ccc(N3CCOCC3)cn2)c(C)c1. The minimum atomic E-state index is -0.00778. The molecule has 1 aromatic heterocycles. The van der Waals surface area contributed by atoms with Gasteiger partial charge in [0.1, 0.15) is 5.82 Å². The second kappa shape index (κ2) is 8.12. The van der Waals surface area contributed by atoms with Crippen molar-refractivity contribution in [3.05, 3.63) is 53.2 Å². The number of benzene rings is 1. The van der Waals surface area contributed by atoms with Gasteiger partial charge in [-0.1, -0.05) is 23.8 Å². The third-order valence-corrected chi connectivity index (χ3v) is 4.51. The highest BCUT2D eigenvalue weighted by Crippen LogP contribution is 2.17. The molecule has 2 aromatic rings. The predicted molar refractivity (Wildman–Crippen MR) is 100 cm³/mol. The highest BCUT2D eigenvalue weighted by atomic mass is 16.5. The zero-order chi connectivity index (χ0) is 17.6. The van der Waals surface area contributed by atoms with E-state index in [2.05, 4.69) is 47.2 Å². The van der Waals surface area contributed by atoms with E-state index in [1.54, 1.807) is 0 Å². The number of amides is 1. The number of hydrogen-bond donors (Lipinski definition) is 1. The van der Waals surface area contributed by atoms with Crippen LogP contribution in [-0.4, -0.2) is 37.2 Å². The van der Waals surface area contributed by atoms with E-state index in [1.165, 1.54) is 16.7 Å². The van der Waals surface area contributed by atoms with Crippen LogP contribution in [0.1, 0.15) is 23.1 Å². The number of morpholine rings is 1. The van der Waals surface area contributed by atoms with Gasteiger partial charge in [0.25, 0.3) is 0 Å². The fourth-order valence-corrected chi connectivity index (χ4v) is 3.05. The van der Waals surface area contributed by atoms with Crippen LogP contribution in [0.15, 0.2) is 36.5 Å². The van der Waals surface area contributed by atoms with Gasteiger partial charge in [0.15, 0.2) is 0 Å². The van der Waals surface area contributed by atoms with Gasteiger partial charge in [-0.2, -0.15) is 0 Å². The van der Waals surface area contributed by atoms with E-state index in [0.717, 1.165) is 38.4 Å². The molecule has 0 bridgehead atoms. The fraction of sp³-hybridized carbons (Fsp3) is 0.400. The topological polar surface area (TPSA) is 54.5 Å². The highest BCUT2D eigenvalue weighted by Gasteiger charge is 2.12. The van der Waals surface area contributed by atoms with Crippen molar-refractivity contribution in [2.24, 2.45) is 0 Å². The highest BCUT2D eigenvalue weighted by molar-refractivity contribution is 5.90. The van der Waals surface area contributed by atoms with Crippen molar-refractivity contribution >= 4 is 17.4 Å². The maximum absolute atomic E-state index is 12.2. The van der Waals surface area contributed by atoms with E-state index in [4.69, 9.17) is 4.74 Å². The van der Waals surface area contributed by atoms with Crippen molar-refractivity contribution in [1.29, 1.82) is 0 Å². The molecule has 0 unspecified atom stereocenters. The lowest BCUT2D eigenvalue weighted by molar-refractivity contribution is -0.116. The summed E-state index contributed by atoms with van der Waals surface area (Å²) in [5.74, 6) is 0.592. The first kappa shape index (κ1) is 17.4. The van der Waals surface area contributed by atoms with E-state index < -0.39 is 0 Å². The van der Waals surface area contributed by atoms with Crippen molar-refractivity contribution in [1.82, 2.24) is 4.98 Å². The Balaban J connectivity index is 1.52. The number of carbonyl (C=O) groups is 1. The van der Waals surface area contributed by atoms with Crippen molar-refractivity contribution in [2.45, 2.75) is 26.7 Å². The van der Waals surface area contributed by atoms with E-state index >= 15 is 0 Å². The fourth-order valence-electron chi connectivity index (χ4n) is 3.05. The maximum atomic E-state index is 12.2. The first-order chi connectivity index (χ1) is 12.1. The predicted octanol–water partition coefficient (Wildman–Crippen LogP) is 3.11. The van der Waals surface area contributed by atoms with Crippen molar-refractivity contribution in [2.75, 3.05) is 36.5 Å². The third kappa shape index (κ3) is 4.79. The Morgan fingerprint density at radius 3 is 2.68 bits per heavy atom. The monoisotopic (exact) mass is 339 g/mol. The molecule has 2 heterocycles. The standard InChI is InChI=1S/C20H25N3O2/c1-15-3-4-17(16(2)13-15)5-8-20(24)22-19-7-6-18(14-21-19)23-9-11-25-12-10-23/h3-4,6-7,13-14H,5,8-12H2,1-2H3,(H,21,22,24). The largest absolute Gasteiger partial charge is 0.378 e. The molecular formula is C20H25N3O2. The molecule has 25 heavy (non-hydrogen) atoms. The van der Waals surface area contributed by atoms with Gasteiger partial charge in [0.2, 0.25) is 5.91 Å². The summed E-state index contributed by atoms with van der Waals surface area (Å²) in [4.78, 5) is 18.8. The summed E-state index contributed by atoms with van der Waals surface area (Å²) in [7, 11) is 0. The number of aryl methyl sites for hydroxylation is 3. The van der Waals surface area contributed by atoms with Gasteiger partial charge in [-0.25, -0.2) is 4.98 Å². The molecule has 3 rings (SSSR count). The van der Waals surface area contributed by atoms with Crippen LogP contribution >= 0.6 is 0 Å². The summed E-state index contributed by atoms with van der Waals surface area (Å²) < 4.78 is 5.36. The molecule has 132 valence electrons. The number of hydrogen-bond acceptors (Lipinski definition) is 4. The second-order valence-electron chi connectivity index (χ2n) is 6.48. The average Bonchev–Trinajstić information content (AvgIpc) is 2.62. The Bertz CT molecular complexity index is 722. The molecule has 1 N–H and O–H groups in total. The number of carbonyl (C=O) groups excluding carboxylic acids is 1. The zero-order valence-corrected chi connectivity index (χ0v) is 14.9. The molecule has 5 heteroatoms. The Hall–Kier alpha value is -2.40. The van der Waals surface area contributed by atoms with Crippen LogP contribution in [0.4, 0.5) is 11.5 Å². The second-order valence-corrected chi connectivity index (χ2v) is 6.48. The molecular weight excluding hydrogens is 314 g/mol. The average molecular weight is 339 g/mol. The van der Waals surface area contributed by atoms with E-state index in [-0.39, 0.29) is 5.91 Å². The summed E-state index contributed by atoms with van der Waals surface area (Å²) in [6.07, 6.45) is 3.01. The maximum Gasteiger partial charge on any atom is 0.225 e. The van der Waals surface area contributed by atoms with Gasteiger partial charge in [-0.15, -0.1) is 0 Å². The van der Waals surface area contributed by atoms with Gasteiger partial charge in [0.05, 0.1) is 25.1 Å². The quantitative estimate of drug-likeness (QED) is 0.909. The third-order valence-electron chi connectivity index (χ3n) is 4.51. The number of anilines is 2. The molecule has 1 aliphatic heterocycles. The molecule has 0 saturated carbocycles. The number of rotatable bonds is 5. The lowest BCUT2D eigenvalue weighted by Gasteiger charge is -2.28. The van der Waals surface area contributed by atoms with Crippen LogP contribution in [0.2, 0.25) is 0 Å². The van der Waals surface area contributed by atoms with Crippen LogP contribution in [0.3, 0.4) is 0 Å². The van der Waals surface area contributed by atoms with Crippen molar-refractivity contribution in [3.8, 4) is 0 Å². The Morgan fingerprint density at radius 2 is 2.00 bits per heavy atom. The smallest absolute Gasteiger partial charge is 0.225 e. The van der Waals surface area contributed by atoms with E-state index in [9.17, 15) is 4.79 Å². The van der Waals surface area contributed by atoms with Gasteiger partial charge in [0, 0.05) is 19.5 Å².